The monoisotopic (exact) mass is 247 g/mol. The summed E-state index contributed by atoms with van der Waals surface area (Å²) in [6, 6.07) is 2.57. The summed E-state index contributed by atoms with van der Waals surface area (Å²) in [5.74, 6) is 1.02. The van der Waals surface area contributed by atoms with E-state index < -0.39 is 0 Å². The molecule has 2 aromatic heterocycles. The van der Waals surface area contributed by atoms with Gasteiger partial charge in [0.25, 0.3) is 0 Å². The van der Waals surface area contributed by atoms with E-state index in [1.54, 1.807) is 0 Å². The highest BCUT2D eigenvalue weighted by molar-refractivity contribution is 5.04. The summed E-state index contributed by atoms with van der Waals surface area (Å²) in [6.45, 7) is 6.99. The summed E-state index contributed by atoms with van der Waals surface area (Å²) in [4.78, 5) is 4.34. The third-order valence-corrected chi connectivity index (χ3v) is 2.83. The summed E-state index contributed by atoms with van der Waals surface area (Å²) < 4.78 is 4.08. The molecule has 0 aromatic carbocycles. The standard InChI is InChI=1S/C13H21N5/c1-10(2)18-6-4-12(16-18)9-17-7-5-15-13(17)8-11(3)14/h4-7,10-11H,8-9,14H2,1-3H3. The molecule has 2 aromatic rings. The molecular formula is C13H21N5. The van der Waals surface area contributed by atoms with Gasteiger partial charge in [-0.25, -0.2) is 4.98 Å². The van der Waals surface area contributed by atoms with Crippen molar-refractivity contribution in [3.63, 3.8) is 0 Å². The molecule has 0 bridgehead atoms. The second kappa shape index (κ2) is 5.35. The van der Waals surface area contributed by atoms with E-state index in [1.807, 2.05) is 30.2 Å². The summed E-state index contributed by atoms with van der Waals surface area (Å²) in [5.41, 5.74) is 6.87. The minimum absolute atomic E-state index is 0.124. The zero-order valence-corrected chi connectivity index (χ0v) is 11.2. The fourth-order valence-electron chi connectivity index (χ4n) is 1.89. The molecule has 2 heterocycles. The lowest BCUT2D eigenvalue weighted by Crippen LogP contribution is -2.20. The maximum atomic E-state index is 5.82. The number of rotatable bonds is 5. The average molecular weight is 247 g/mol. The number of hydrogen-bond donors (Lipinski definition) is 1. The van der Waals surface area contributed by atoms with Crippen LogP contribution in [0.15, 0.2) is 24.7 Å². The fraction of sp³-hybridized carbons (Fsp3) is 0.538. The van der Waals surface area contributed by atoms with E-state index in [0.29, 0.717) is 6.04 Å². The number of nitrogens with two attached hydrogens (primary N) is 1. The highest BCUT2D eigenvalue weighted by atomic mass is 15.3. The fourth-order valence-corrected chi connectivity index (χ4v) is 1.89. The molecule has 18 heavy (non-hydrogen) atoms. The first-order valence-corrected chi connectivity index (χ1v) is 6.36. The Kier molecular flexibility index (Phi) is 3.81. The lowest BCUT2D eigenvalue weighted by Gasteiger charge is -2.08. The van der Waals surface area contributed by atoms with Gasteiger partial charge in [-0.15, -0.1) is 0 Å². The van der Waals surface area contributed by atoms with Gasteiger partial charge in [-0.1, -0.05) is 0 Å². The molecule has 0 saturated heterocycles. The van der Waals surface area contributed by atoms with Gasteiger partial charge in [0.1, 0.15) is 5.82 Å². The van der Waals surface area contributed by atoms with Crippen molar-refractivity contribution >= 4 is 0 Å². The van der Waals surface area contributed by atoms with Crippen LogP contribution in [0.4, 0.5) is 0 Å². The second-order valence-electron chi connectivity index (χ2n) is 5.03. The Morgan fingerprint density at radius 3 is 2.67 bits per heavy atom. The number of aromatic nitrogens is 4. The van der Waals surface area contributed by atoms with Gasteiger partial charge in [0, 0.05) is 37.1 Å². The molecule has 98 valence electrons. The smallest absolute Gasteiger partial charge is 0.110 e. The molecule has 5 heteroatoms. The van der Waals surface area contributed by atoms with Gasteiger partial charge in [-0.05, 0) is 26.8 Å². The van der Waals surface area contributed by atoms with Crippen LogP contribution < -0.4 is 5.73 Å². The molecule has 0 radical (unpaired) electrons. The van der Waals surface area contributed by atoms with E-state index in [2.05, 4.69) is 34.6 Å². The summed E-state index contributed by atoms with van der Waals surface area (Å²) >= 11 is 0. The lowest BCUT2D eigenvalue weighted by atomic mass is 10.2. The Morgan fingerprint density at radius 2 is 2.06 bits per heavy atom. The van der Waals surface area contributed by atoms with Crippen molar-refractivity contribution in [3.05, 3.63) is 36.2 Å². The van der Waals surface area contributed by atoms with Crippen molar-refractivity contribution in [2.75, 3.05) is 0 Å². The average Bonchev–Trinajstić information content (AvgIpc) is 2.89. The van der Waals surface area contributed by atoms with Crippen LogP contribution in [-0.4, -0.2) is 25.4 Å². The summed E-state index contributed by atoms with van der Waals surface area (Å²) in [6.07, 6.45) is 6.60. The molecule has 0 fully saturated rings. The second-order valence-corrected chi connectivity index (χ2v) is 5.03. The predicted octanol–water partition coefficient (Wildman–Crippen LogP) is 1.60. The molecule has 0 aliphatic carbocycles. The first kappa shape index (κ1) is 12.8. The molecular weight excluding hydrogens is 226 g/mol. The highest BCUT2D eigenvalue weighted by Crippen LogP contribution is 2.08. The van der Waals surface area contributed by atoms with Gasteiger partial charge in [0.2, 0.25) is 0 Å². The van der Waals surface area contributed by atoms with Crippen molar-refractivity contribution in [1.82, 2.24) is 19.3 Å². The molecule has 0 saturated carbocycles. The first-order valence-electron chi connectivity index (χ1n) is 6.36. The maximum Gasteiger partial charge on any atom is 0.110 e. The molecule has 1 atom stereocenters. The van der Waals surface area contributed by atoms with Gasteiger partial charge in [-0.3, -0.25) is 4.68 Å². The van der Waals surface area contributed by atoms with Crippen LogP contribution in [0, 0.1) is 0 Å². The Morgan fingerprint density at radius 1 is 1.28 bits per heavy atom. The van der Waals surface area contributed by atoms with Crippen LogP contribution in [-0.2, 0) is 13.0 Å². The molecule has 0 aliphatic heterocycles. The summed E-state index contributed by atoms with van der Waals surface area (Å²) in [5, 5.41) is 4.54. The van der Waals surface area contributed by atoms with E-state index in [9.17, 15) is 0 Å². The number of nitrogens with zero attached hydrogens (tertiary/aromatic N) is 4. The van der Waals surface area contributed by atoms with Gasteiger partial charge in [0.05, 0.1) is 12.2 Å². The van der Waals surface area contributed by atoms with E-state index in [4.69, 9.17) is 5.73 Å². The van der Waals surface area contributed by atoms with E-state index in [1.165, 1.54) is 0 Å². The summed E-state index contributed by atoms with van der Waals surface area (Å²) in [7, 11) is 0. The van der Waals surface area contributed by atoms with Crippen molar-refractivity contribution in [2.45, 2.75) is 45.8 Å². The highest BCUT2D eigenvalue weighted by Gasteiger charge is 2.08. The van der Waals surface area contributed by atoms with Crippen molar-refractivity contribution in [2.24, 2.45) is 5.73 Å². The van der Waals surface area contributed by atoms with Gasteiger partial charge >= 0.3 is 0 Å². The molecule has 2 rings (SSSR count). The molecule has 1 unspecified atom stereocenters. The van der Waals surface area contributed by atoms with E-state index in [-0.39, 0.29) is 6.04 Å². The normalized spacial score (nSPS) is 13.2. The van der Waals surface area contributed by atoms with Crippen molar-refractivity contribution in [3.8, 4) is 0 Å². The van der Waals surface area contributed by atoms with Gasteiger partial charge < -0.3 is 10.3 Å². The lowest BCUT2D eigenvalue weighted by molar-refractivity contribution is 0.522. The largest absolute Gasteiger partial charge is 0.329 e. The topological polar surface area (TPSA) is 61.7 Å². The van der Waals surface area contributed by atoms with Crippen molar-refractivity contribution < 1.29 is 0 Å². The minimum atomic E-state index is 0.124. The van der Waals surface area contributed by atoms with Crippen LogP contribution in [0.5, 0.6) is 0 Å². The molecule has 0 spiro atoms. The predicted molar refractivity (Wildman–Crippen MR) is 71.3 cm³/mol. The Labute approximate surface area is 108 Å². The maximum absolute atomic E-state index is 5.82. The number of imidazole rings is 1. The van der Waals surface area contributed by atoms with Crippen LogP contribution in [0.25, 0.3) is 0 Å². The third kappa shape index (κ3) is 2.98. The van der Waals surface area contributed by atoms with Gasteiger partial charge in [-0.2, -0.15) is 5.10 Å². The Balaban J connectivity index is 2.10. The first-order chi connectivity index (χ1) is 8.56. The minimum Gasteiger partial charge on any atom is -0.329 e. The SMILES string of the molecule is CC(N)Cc1nccn1Cc1ccn(C(C)C)n1. The third-order valence-electron chi connectivity index (χ3n) is 2.83. The molecule has 2 N–H and O–H groups in total. The Bertz CT molecular complexity index is 495. The molecule has 0 aliphatic rings. The van der Waals surface area contributed by atoms with E-state index >= 15 is 0 Å². The van der Waals surface area contributed by atoms with Crippen LogP contribution in [0.1, 0.15) is 38.3 Å². The van der Waals surface area contributed by atoms with Crippen molar-refractivity contribution in [1.29, 1.82) is 0 Å². The zero-order valence-electron chi connectivity index (χ0n) is 11.2. The van der Waals surface area contributed by atoms with Gasteiger partial charge in [0.15, 0.2) is 0 Å². The van der Waals surface area contributed by atoms with Crippen LogP contribution >= 0.6 is 0 Å². The molecule has 5 nitrogen and oxygen atoms in total. The van der Waals surface area contributed by atoms with Crippen LogP contribution in [0.3, 0.4) is 0 Å². The quantitative estimate of drug-likeness (QED) is 0.873. The molecule has 0 amide bonds. The van der Waals surface area contributed by atoms with Crippen LogP contribution in [0.2, 0.25) is 0 Å². The Hall–Kier alpha value is -1.62. The zero-order chi connectivity index (χ0) is 13.1. The van der Waals surface area contributed by atoms with E-state index in [0.717, 1.165) is 24.5 Å². The number of hydrogen-bond acceptors (Lipinski definition) is 3.